The summed E-state index contributed by atoms with van der Waals surface area (Å²) < 4.78 is 5.57. The maximum absolute atomic E-state index is 13.3. The monoisotopic (exact) mass is 447 g/mol. The number of hydrogen-bond donors (Lipinski definition) is 2. The molecule has 174 valence electrons. The number of nitrogens with zero attached hydrogens (tertiary/aromatic N) is 1. The molecule has 0 saturated heterocycles. The molecule has 4 fully saturated rings. The minimum atomic E-state index is -0.527. The van der Waals surface area contributed by atoms with Crippen LogP contribution >= 0.6 is 0 Å². The lowest BCUT2D eigenvalue weighted by atomic mass is 9.50. The first-order valence-electron chi connectivity index (χ1n) is 12.0. The zero-order valence-electron chi connectivity index (χ0n) is 19.7. The SMILES string of the molecule is CC(C)(C)OC(=O)NC12CC3CC(C1)CC(NC(=O)c1ccc(-c4ccncc4)cc1)(C3)C2. The van der Waals surface area contributed by atoms with E-state index >= 15 is 0 Å². The second kappa shape index (κ2) is 7.86. The van der Waals surface area contributed by atoms with Gasteiger partial charge in [0.1, 0.15) is 5.60 Å². The van der Waals surface area contributed by atoms with Crippen LogP contribution < -0.4 is 10.6 Å². The molecule has 0 aliphatic heterocycles. The summed E-state index contributed by atoms with van der Waals surface area (Å²) in [6.07, 6.45) is 9.07. The van der Waals surface area contributed by atoms with E-state index in [2.05, 4.69) is 15.6 Å². The number of pyridine rings is 1. The molecule has 6 rings (SSSR count). The van der Waals surface area contributed by atoms with Gasteiger partial charge in [0.05, 0.1) is 0 Å². The number of carbonyl (C=O) groups excluding carboxylic acids is 2. The molecule has 4 bridgehead atoms. The molecular weight excluding hydrogens is 414 g/mol. The van der Waals surface area contributed by atoms with Gasteiger partial charge in [0.2, 0.25) is 0 Å². The molecule has 2 aromatic rings. The second-order valence-electron chi connectivity index (χ2n) is 11.4. The van der Waals surface area contributed by atoms with Gasteiger partial charge in [-0.25, -0.2) is 4.79 Å². The molecule has 2 N–H and O–H groups in total. The highest BCUT2D eigenvalue weighted by Crippen LogP contribution is 2.57. The minimum Gasteiger partial charge on any atom is -0.444 e. The molecule has 1 heterocycles. The van der Waals surface area contributed by atoms with Crippen molar-refractivity contribution >= 4 is 12.0 Å². The molecule has 1 aromatic heterocycles. The zero-order chi connectivity index (χ0) is 23.3. The van der Waals surface area contributed by atoms with Gasteiger partial charge in [-0.15, -0.1) is 0 Å². The summed E-state index contributed by atoms with van der Waals surface area (Å²) in [5, 5.41) is 6.63. The van der Waals surface area contributed by atoms with E-state index in [0.29, 0.717) is 17.4 Å². The third-order valence-electron chi connectivity index (χ3n) is 7.37. The lowest BCUT2D eigenvalue weighted by molar-refractivity contribution is -0.0509. The van der Waals surface area contributed by atoms with E-state index in [9.17, 15) is 9.59 Å². The second-order valence-corrected chi connectivity index (χ2v) is 11.4. The van der Waals surface area contributed by atoms with E-state index in [1.54, 1.807) is 12.4 Å². The third kappa shape index (κ3) is 4.61. The van der Waals surface area contributed by atoms with E-state index in [1.807, 2.05) is 57.2 Å². The summed E-state index contributed by atoms with van der Waals surface area (Å²) in [4.78, 5) is 29.9. The van der Waals surface area contributed by atoms with Gasteiger partial charge in [0.15, 0.2) is 0 Å². The number of nitrogens with one attached hydrogen (secondary N) is 2. The molecular formula is C27H33N3O3. The molecule has 2 unspecified atom stereocenters. The minimum absolute atomic E-state index is 0.0364. The summed E-state index contributed by atoms with van der Waals surface area (Å²) in [5.41, 5.74) is 1.72. The predicted octanol–water partition coefficient (Wildman–Crippen LogP) is 5.09. The molecule has 1 aromatic carbocycles. The van der Waals surface area contributed by atoms with E-state index in [4.69, 9.17) is 4.74 Å². The fourth-order valence-electron chi connectivity index (χ4n) is 6.75. The number of hydrogen-bond acceptors (Lipinski definition) is 4. The number of rotatable bonds is 4. The average molecular weight is 448 g/mol. The van der Waals surface area contributed by atoms with Gasteiger partial charge in [-0.1, -0.05) is 12.1 Å². The molecule has 4 aliphatic carbocycles. The van der Waals surface area contributed by atoms with Crippen LogP contribution in [0.4, 0.5) is 4.79 Å². The summed E-state index contributed by atoms with van der Waals surface area (Å²) in [5.74, 6) is 1.01. The van der Waals surface area contributed by atoms with Crippen molar-refractivity contribution in [2.75, 3.05) is 0 Å². The maximum Gasteiger partial charge on any atom is 0.408 e. The Hall–Kier alpha value is -2.89. The molecule has 6 heteroatoms. The lowest BCUT2D eigenvalue weighted by Crippen LogP contribution is -2.70. The van der Waals surface area contributed by atoms with Crippen LogP contribution in [0, 0.1) is 11.8 Å². The predicted molar refractivity (Wildman–Crippen MR) is 127 cm³/mol. The molecule has 4 aliphatic rings. The third-order valence-corrected chi connectivity index (χ3v) is 7.37. The molecule has 2 atom stereocenters. The maximum atomic E-state index is 13.3. The van der Waals surface area contributed by atoms with Gasteiger partial charge in [0, 0.05) is 29.0 Å². The van der Waals surface area contributed by atoms with E-state index < -0.39 is 5.60 Å². The smallest absolute Gasteiger partial charge is 0.408 e. The Morgan fingerprint density at radius 2 is 1.42 bits per heavy atom. The molecule has 33 heavy (non-hydrogen) atoms. The average Bonchev–Trinajstić information content (AvgIpc) is 2.71. The van der Waals surface area contributed by atoms with E-state index in [0.717, 1.165) is 43.2 Å². The normalized spacial score (nSPS) is 30.0. The molecule has 4 saturated carbocycles. The van der Waals surface area contributed by atoms with Gasteiger partial charge in [-0.3, -0.25) is 9.78 Å². The van der Waals surface area contributed by atoms with Gasteiger partial charge >= 0.3 is 6.09 Å². The van der Waals surface area contributed by atoms with Gasteiger partial charge in [0.25, 0.3) is 5.91 Å². The highest BCUT2D eigenvalue weighted by Gasteiger charge is 2.59. The number of benzene rings is 1. The standard InChI is InChI=1S/C27H33N3O3/c1-25(2,3)33-24(32)30-27-15-18-12-19(16-27)14-26(13-18,17-27)29-23(31)22-6-4-20(5-7-22)21-8-10-28-11-9-21/h4-11,18-19H,12-17H2,1-3H3,(H,29,31)(H,30,32). The van der Waals surface area contributed by atoms with Crippen LogP contribution in [0.25, 0.3) is 11.1 Å². The van der Waals surface area contributed by atoms with Crippen molar-refractivity contribution in [2.24, 2.45) is 11.8 Å². The number of amides is 2. The number of ether oxygens (including phenoxy) is 1. The summed E-state index contributed by atoms with van der Waals surface area (Å²) in [6, 6.07) is 11.7. The largest absolute Gasteiger partial charge is 0.444 e. The quantitative estimate of drug-likeness (QED) is 0.684. The Labute approximate surface area is 195 Å². The Morgan fingerprint density at radius 1 is 0.879 bits per heavy atom. The first-order chi connectivity index (χ1) is 15.6. The van der Waals surface area contributed by atoms with Crippen LogP contribution in [0.3, 0.4) is 0 Å². The lowest BCUT2D eigenvalue weighted by Gasteiger charge is -2.62. The fraction of sp³-hybridized carbons (Fsp3) is 0.519. The van der Waals surface area contributed by atoms with E-state index in [-0.39, 0.29) is 23.1 Å². The van der Waals surface area contributed by atoms with Crippen molar-refractivity contribution in [2.45, 2.75) is 76.0 Å². The van der Waals surface area contributed by atoms with Crippen molar-refractivity contribution in [3.63, 3.8) is 0 Å². The van der Waals surface area contributed by atoms with Crippen LogP contribution in [0.2, 0.25) is 0 Å². The fourth-order valence-corrected chi connectivity index (χ4v) is 6.75. The Balaban J connectivity index is 1.31. The first-order valence-corrected chi connectivity index (χ1v) is 12.0. The van der Waals surface area contributed by atoms with Gasteiger partial charge < -0.3 is 15.4 Å². The Morgan fingerprint density at radius 3 is 2.00 bits per heavy atom. The summed E-state index contributed by atoms with van der Waals surface area (Å²) >= 11 is 0. The number of aromatic nitrogens is 1. The van der Waals surface area contributed by atoms with Crippen LogP contribution in [-0.2, 0) is 4.74 Å². The number of alkyl carbamates (subject to hydrolysis) is 1. The van der Waals surface area contributed by atoms with Crippen molar-refractivity contribution in [3.05, 3.63) is 54.4 Å². The van der Waals surface area contributed by atoms with Crippen LogP contribution in [0.15, 0.2) is 48.8 Å². The van der Waals surface area contributed by atoms with Crippen molar-refractivity contribution in [1.29, 1.82) is 0 Å². The molecule has 2 amide bonds. The molecule has 0 radical (unpaired) electrons. The summed E-state index contributed by atoms with van der Waals surface area (Å²) in [6.45, 7) is 5.65. The number of carbonyl (C=O) groups is 2. The van der Waals surface area contributed by atoms with Crippen molar-refractivity contribution in [3.8, 4) is 11.1 Å². The Bertz CT molecular complexity index is 1030. The van der Waals surface area contributed by atoms with Crippen LogP contribution in [-0.4, -0.2) is 33.7 Å². The Kier molecular flexibility index (Phi) is 5.22. The van der Waals surface area contributed by atoms with E-state index in [1.165, 1.54) is 6.42 Å². The van der Waals surface area contributed by atoms with Crippen LogP contribution in [0.1, 0.15) is 69.7 Å². The zero-order valence-corrected chi connectivity index (χ0v) is 19.7. The topological polar surface area (TPSA) is 80.3 Å². The summed E-state index contributed by atoms with van der Waals surface area (Å²) in [7, 11) is 0. The molecule has 6 nitrogen and oxygen atoms in total. The highest BCUT2D eigenvalue weighted by atomic mass is 16.6. The molecule has 0 spiro atoms. The van der Waals surface area contributed by atoms with Crippen molar-refractivity contribution in [1.82, 2.24) is 15.6 Å². The van der Waals surface area contributed by atoms with Gasteiger partial charge in [-0.2, -0.15) is 0 Å². The first kappa shape index (κ1) is 21.9. The van der Waals surface area contributed by atoms with Crippen LogP contribution in [0.5, 0.6) is 0 Å². The van der Waals surface area contributed by atoms with Gasteiger partial charge in [-0.05, 0) is 107 Å². The van der Waals surface area contributed by atoms with Crippen molar-refractivity contribution < 1.29 is 14.3 Å². The highest BCUT2D eigenvalue weighted by molar-refractivity contribution is 5.95.